The zero-order valence-electron chi connectivity index (χ0n) is 19.0. The van der Waals surface area contributed by atoms with Crippen LogP contribution in [-0.4, -0.2) is 32.2 Å². The van der Waals surface area contributed by atoms with Crippen LogP contribution in [0.5, 0.6) is 5.75 Å². The van der Waals surface area contributed by atoms with Gasteiger partial charge >= 0.3 is 12.3 Å². The molecular formula is C25H26F8O2. The molecule has 0 saturated heterocycles. The van der Waals surface area contributed by atoms with Gasteiger partial charge in [0.05, 0.1) is 0 Å². The molecule has 35 heavy (non-hydrogen) atoms. The van der Waals surface area contributed by atoms with E-state index < -0.39 is 35.8 Å². The Labute approximate surface area is 198 Å². The highest BCUT2D eigenvalue weighted by molar-refractivity contribution is 5.65. The Morgan fingerprint density at radius 1 is 0.857 bits per heavy atom. The van der Waals surface area contributed by atoms with E-state index in [0.717, 1.165) is 50.7 Å². The fourth-order valence-corrected chi connectivity index (χ4v) is 4.36. The summed E-state index contributed by atoms with van der Waals surface area (Å²) in [7, 11) is 1.71. The summed E-state index contributed by atoms with van der Waals surface area (Å²) in [5, 5.41) is 0. The highest BCUT2D eigenvalue weighted by Crippen LogP contribution is 2.39. The summed E-state index contributed by atoms with van der Waals surface area (Å²) in [6.07, 6.45) is -9.82. The number of rotatable bonds is 9. The lowest BCUT2D eigenvalue weighted by Gasteiger charge is -2.28. The minimum absolute atomic E-state index is 0.0358. The second-order valence-electron chi connectivity index (χ2n) is 8.91. The summed E-state index contributed by atoms with van der Waals surface area (Å²) in [5.74, 6) is -3.91. The van der Waals surface area contributed by atoms with Crippen LogP contribution in [0.25, 0.3) is 11.1 Å². The number of ether oxygens (including phenoxy) is 2. The third kappa shape index (κ3) is 7.08. The molecule has 1 unspecified atom stereocenters. The van der Waals surface area contributed by atoms with Crippen LogP contribution in [0.3, 0.4) is 0 Å². The molecule has 2 aromatic rings. The molecule has 0 spiro atoms. The van der Waals surface area contributed by atoms with Gasteiger partial charge in [-0.3, -0.25) is 0 Å². The minimum Gasteiger partial charge on any atom is -0.424 e. The fourth-order valence-electron chi connectivity index (χ4n) is 4.36. The third-order valence-corrected chi connectivity index (χ3v) is 6.32. The average molecular weight is 510 g/mol. The van der Waals surface area contributed by atoms with Gasteiger partial charge in [0, 0.05) is 13.7 Å². The SMILES string of the molecule is COCC1CCC(CCc2ccc(-c3cc(F)c(OC(F)(F)C(F)C(F)(F)F)c(F)c3)cc2)CC1. The van der Waals surface area contributed by atoms with Gasteiger partial charge in [0.15, 0.2) is 17.4 Å². The van der Waals surface area contributed by atoms with Gasteiger partial charge in [0.1, 0.15) is 0 Å². The molecular weight excluding hydrogens is 484 g/mol. The predicted molar refractivity (Wildman–Crippen MR) is 114 cm³/mol. The minimum atomic E-state index is -5.97. The summed E-state index contributed by atoms with van der Waals surface area (Å²) < 4.78 is 114. The van der Waals surface area contributed by atoms with Gasteiger partial charge in [0.2, 0.25) is 0 Å². The number of benzene rings is 2. The molecule has 1 atom stereocenters. The van der Waals surface area contributed by atoms with Gasteiger partial charge in [0.25, 0.3) is 6.17 Å². The zero-order valence-corrected chi connectivity index (χ0v) is 19.0. The molecule has 0 aliphatic heterocycles. The standard InChI is InChI=1S/C25H26F8O2/c1-34-14-17-6-4-15(5-7-17)2-3-16-8-10-18(11-9-16)19-12-20(26)22(21(27)13-19)35-25(32,33)23(28)24(29,30)31/h8-13,15,17,23H,2-7,14H2,1H3. The van der Waals surface area contributed by atoms with Crippen molar-refractivity contribution in [3.63, 3.8) is 0 Å². The lowest BCUT2D eigenvalue weighted by molar-refractivity contribution is -0.306. The smallest absolute Gasteiger partial charge is 0.424 e. The Morgan fingerprint density at radius 2 is 1.40 bits per heavy atom. The number of hydrogen-bond donors (Lipinski definition) is 0. The Kier molecular flexibility index (Phi) is 8.67. The Balaban J connectivity index is 1.63. The largest absolute Gasteiger partial charge is 0.439 e. The molecule has 1 fully saturated rings. The van der Waals surface area contributed by atoms with Crippen molar-refractivity contribution in [1.29, 1.82) is 0 Å². The van der Waals surface area contributed by atoms with Crippen molar-refractivity contribution in [1.82, 2.24) is 0 Å². The zero-order chi connectivity index (χ0) is 25.8. The molecule has 1 aliphatic rings. The van der Waals surface area contributed by atoms with E-state index in [1.54, 1.807) is 31.4 Å². The fraction of sp³-hybridized carbons (Fsp3) is 0.520. The molecule has 1 aliphatic carbocycles. The predicted octanol–water partition coefficient (Wildman–Crippen LogP) is 7.89. The van der Waals surface area contributed by atoms with Crippen molar-refractivity contribution in [2.75, 3.05) is 13.7 Å². The summed E-state index contributed by atoms with van der Waals surface area (Å²) in [4.78, 5) is 0. The molecule has 2 nitrogen and oxygen atoms in total. The third-order valence-electron chi connectivity index (χ3n) is 6.32. The van der Waals surface area contributed by atoms with Crippen molar-refractivity contribution in [2.24, 2.45) is 11.8 Å². The summed E-state index contributed by atoms with van der Waals surface area (Å²) >= 11 is 0. The summed E-state index contributed by atoms with van der Waals surface area (Å²) in [5.41, 5.74) is 1.35. The van der Waals surface area contributed by atoms with Crippen LogP contribution in [-0.2, 0) is 11.2 Å². The first-order valence-electron chi connectivity index (χ1n) is 11.3. The van der Waals surface area contributed by atoms with Crippen LogP contribution in [0, 0.1) is 23.5 Å². The lowest BCUT2D eigenvalue weighted by atomic mass is 9.80. The van der Waals surface area contributed by atoms with Gasteiger partial charge < -0.3 is 9.47 Å². The number of methoxy groups -OCH3 is 1. The van der Waals surface area contributed by atoms with E-state index in [2.05, 4.69) is 4.74 Å². The van der Waals surface area contributed by atoms with E-state index in [9.17, 15) is 35.1 Å². The molecule has 3 rings (SSSR count). The molecule has 1 saturated carbocycles. The highest BCUT2D eigenvalue weighted by atomic mass is 19.4. The van der Waals surface area contributed by atoms with Crippen molar-refractivity contribution in [3.8, 4) is 16.9 Å². The van der Waals surface area contributed by atoms with Crippen molar-refractivity contribution in [3.05, 3.63) is 53.6 Å². The topological polar surface area (TPSA) is 18.5 Å². The van der Waals surface area contributed by atoms with E-state index in [4.69, 9.17) is 4.74 Å². The summed E-state index contributed by atoms with van der Waals surface area (Å²) in [6, 6.07) is 8.07. The van der Waals surface area contributed by atoms with Crippen molar-refractivity contribution in [2.45, 2.75) is 57.0 Å². The van der Waals surface area contributed by atoms with E-state index in [1.165, 1.54) is 0 Å². The second-order valence-corrected chi connectivity index (χ2v) is 8.91. The second kappa shape index (κ2) is 11.1. The molecule has 0 N–H and O–H groups in total. The van der Waals surface area contributed by atoms with Gasteiger partial charge in [-0.1, -0.05) is 37.1 Å². The van der Waals surface area contributed by atoms with Gasteiger partial charge in [-0.2, -0.15) is 22.0 Å². The normalized spacial score (nSPS) is 20.0. The number of hydrogen-bond acceptors (Lipinski definition) is 2. The van der Waals surface area contributed by atoms with E-state index >= 15 is 0 Å². The van der Waals surface area contributed by atoms with Crippen LogP contribution in [0.1, 0.15) is 37.7 Å². The monoisotopic (exact) mass is 510 g/mol. The Hall–Kier alpha value is -2.36. The number of halogens is 8. The van der Waals surface area contributed by atoms with E-state index in [0.29, 0.717) is 29.5 Å². The van der Waals surface area contributed by atoms with Gasteiger partial charge in [-0.15, -0.1) is 0 Å². The Bertz CT molecular complexity index is 943. The highest BCUT2D eigenvalue weighted by Gasteiger charge is 2.59. The van der Waals surface area contributed by atoms with Crippen LogP contribution >= 0.6 is 0 Å². The van der Waals surface area contributed by atoms with Crippen molar-refractivity contribution < 1.29 is 44.6 Å². The maximum Gasteiger partial charge on any atom is 0.439 e. The first-order chi connectivity index (χ1) is 16.4. The summed E-state index contributed by atoms with van der Waals surface area (Å²) in [6.45, 7) is 0.787. The maximum absolute atomic E-state index is 14.3. The van der Waals surface area contributed by atoms with Crippen molar-refractivity contribution >= 4 is 0 Å². The van der Waals surface area contributed by atoms with Crippen LogP contribution in [0.2, 0.25) is 0 Å². The molecule has 2 aromatic carbocycles. The number of alkyl halides is 6. The first kappa shape index (κ1) is 27.2. The van der Waals surface area contributed by atoms with Crippen LogP contribution in [0.4, 0.5) is 35.1 Å². The molecule has 10 heteroatoms. The van der Waals surface area contributed by atoms with Gasteiger partial charge in [-0.25, -0.2) is 13.2 Å². The molecule has 0 radical (unpaired) electrons. The Morgan fingerprint density at radius 3 is 1.91 bits per heavy atom. The first-order valence-corrected chi connectivity index (χ1v) is 11.3. The van der Waals surface area contributed by atoms with E-state index in [-0.39, 0.29) is 5.56 Å². The molecule has 194 valence electrons. The molecule has 0 heterocycles. The van der Waals surface area contributed by atoms with Gasteiger partial charge in [-0.05, 0) is 66.3 Å². The molecule has 0 amide bonds. The number of aryl methyl sites for hydroxylation is 1. The van der Waals surface area contributed by atoms with Crippen LogP contribution < -0.4 is 4.74 Å². The maximum atomic E-state index is 14.3. The molecule has 0 bridgehead atoms. The quantitative estimate of drug-likeness (QED) is 0.320. The average Bonchev–Trinajstić information content (AvgIpc) is 2.80. The van der Waals surface area contributed by atoms with Crippen LogP contribution in [0.15, 0.2) is 36.4 Å². The van der Waals surface area contributed by atoms with E-state index in [1.807, 2.05) is 0 Å². The molecule has 0 aromatic heterocycles. The lowest BCUT2D eigenvalue weighted by Crippen LogP contribution is -2.46.